The van der Waals surface area contributed by atoms with Gasteiger partial charge in [-0.15, -0.1) is 0 Å². The van der Waals surface area contributed by atoms with Crippen LogP contribution >= 0.6 is 0 Å². The second-order valence-corrected chi connectivity index (χ2v) is 3.49. The van der Waals surface area contributed by atoms with Crippen LogP contribution in [0.15, 0.2) is 0 Å². The van der Waals surface area contributed by atoms with Crippen LogP contribution < -0.4 is 0 Å². The Hall–Kier alpha value is -0.0800. The third-order valence-corrected chi connectivity index (χ3v) is 2.68. The Kier molecular flexibility index (Phi) is 1.08. The Morgan fingerprint density at radius 3 is 2.33 bits per heavy atom. The summed E-state index contributed by atoms with van der Waals surface area (Å²) in [5.41, 5.74) is 0. The smallest absolute Gasteiger partial charge is 0.0272 e. The van der Waals surface area contributed by atoms with E-state index in [0.29, 0.717) is 0 Å². The third kappa shape index (κ3) is 0.700. The molecule has 0 unspecified atom stereocenters. The first-order valence-corrected chi connectivity index (χ1v) is 3.66. The lowest BCUT2D eigenvalue weighted by Gasteiger charge is -2.40. The molecule has 2 rings (SSSR count). The van der Waals surface area contributed by atoms with Gasteiger partial charge in [-0.1, -0.05) is 0 Å². The molecule has 2 saturated heterocycles. The molecule has 0 amide bonds. The van der Waals surface area contributed by atoms with Gasteiger partial charge in [0.25, 0.3) is 0 Å². The number of rotatable bonds is 0. The zero-order valence-corrected chi connectivity index (χ0v) is 6.17. The van der Waals surface area contributed by atoms with Gasteiger partial charge in [-0.25, -0.2) is 0 Å². The van der Waals surface area contributed by atoms with Crippen LogP contribution in [0.3, 0.4) is 0 Å². The van der Waals surface area contributed by atoms with Crippen molar-refractivity contribution in [2.75, 3.05) is 33.7 Å². The number of nitrogens with zero attached hydrogens (tertiary/aromatic N) is 2. The molecule has 0 saturated carbocycles. The fourth-order valence-corrected chi connectivity index (χ4v) is 2.11. The number of hydrogen-bond donors (Lipinski definition) is 0. The lowest BCUT2D eigenvalue weighted by atomic mass is 9.93. The Balaban J connectivity index is 2.00. The Bertz CT molecular complexity index is 124. The summed E-state index contributed by atoms with van der Waals surface area (Å²) in [6.45, 7) is 3.95. The van der Waals surface area contributed by atoms with Crippen LogP contribution in [0.4, 0.5) is 0 Å². The maximum atomic E-state index is 2.45. The third-order valence-electron chi connectivity index (χ3n) is 2.68. The van der Waals surface area contributed by atoms with Crippen molar-refractivity contribution in [3.63, 3.8) is 0 Å². The molecule has 0 aliphatic carbocycles. The second-order valence-electron chi connectivity index (χ2n) is 3.49. The normalized spacial score (nSPS) is 44.7. The number of likely N-dealkylation sites (N-methyl/N-ethyl adjacent to an activating group) is 2. The Morgan fingerprint density at radius 2 is 1.89 bits per heavy atom. The molecule has 0 aromatic rings. The maximum Gasteiger partial charge on any atom is 0.0272 e. The van der Waals surface area contributed by atoms with Gasteiger partial charge >= 0.3 is 0 Å². The molecule has 0 aromatic carbocycles. The molecule has 0 bridgehead atoms. The fourth-order valence-electron chi connectivity index (χ4n) is 2.11. The van der Waals surface area contributed by atoms with Gasteiger partial charge in [0.15, 0.2) is 0 Å². The SMILES string of the molecule is CN1C[C@@H]2CN(C)[C@@H]2C1. The van der Waals surface area contributed by atoms with Crippen molar-refractivity contribution >= 4 is 0 Å². The van der Waals surface area contributed by atoms with E-state index in [1.807, 2.05) is 0 Å². The quantitative estimate of drug-likeness (QED) is 0.446. The molecule has 52 valence electrons. The van der Waals surface area contributed by atoms with Crippen LogP contribution in [0.25, 0.3) is 0 Å². The van der Waals surface area contributed by atoms with E-state index in [-0.39, 0.29) is 0 Å². The highest BCUT2D eigenvalue weighted by atomic mass is 15.3. The molecular weight excluding hydrogens is 112 g/mol. The van der Waals surface area contributed by atoms with E-state index in [9.17, 15) is 0 Å². The monoisotopic (exact) mass is 126 g/mol. The number of hydrogen-bond acceptors (Lipinski definition) is 2. The van der Waals surface area contributed by atoms with Crippen molar-refractivity contribution in [2.24, 2.45) is 5.92 Å². The van der Waals surface area contributed by atoms with Crippen LogP contribution in [-0.2, 0) is 0 Å². The van der Waals surface area contributed by atoms with E-state index in [1.54, 1.807) is 0 Å². The highest BCUT2D eigenvalue weighted by molar-refractivity contribution is 4.97. The topological polar surface area (TPSA) is 6.48 Å². The summed E-state index contributed by atoms with van der Waals surface area (Å²) < 4.78 is 0. The minimum Gasteiger partial charge on any atom is -0.304 e. The Morgan fingerprint density at radius 1 is 1.11 bits per heavy atom. The molecule has 2 fully saturated rings. The van der Waals surface area contributed by atoms with Crippen LogP contribution in [0, 0.1) is 5.92 Å². The van der Waals surface area contributed by atoms with Crippen LogP contribution in [0.2, 0.25) is 0 Å². The molecule has 2 heterocycles. The summed E-state index contributed by atoms with van der Waals surface area (Å²) in [5, 5.41) is 0. The van der Waals surface area contributed by atoms with Crippen molar-refractivity contribution < 1.29 is 0 Å². The molecule has 2 atom stereocenters. The van der Waals surface area contributed by atoms with Gasteiger partial charge in [-0.05, 0) is 14.1 Å². The first-order valence-electron chi connectivity index (χ1n) is 3.66. The molecule has 2 aliphatic heterocycles. The van der Waals surface area contributed by atoms with Gasteiger partial charge in [0, 0.05) is 31.6 Å². The number of fused-ring (bicyclic) bond motifs is 1. The average molecular weight is 126 g/mol. The second kappa shape index (κ2) is 1.70. The summed E-state index contributed by atoms with van der Waals surface area (Å²) in [7, 11) is 4.44. The van der Waals surface area contributed by atoms with E-state index in [1.165, 1.54) is 19.6 Å². The lowest BCUT2D eigenvalue weighted by Crippen LogP contribution is -2.52. The standard InChI is InChI=1S/C7H14N2/c1-8-3-6-4-9(2)7(6)5-8/h6-7H,3-5H2,1-2H3/t6-,7-/m1/s1. The highest BCUT2D eigenvalue weighted by Crippen LogP contribution is 2.29. The zero-order valence-electron chi connectivity index (χ0n) is 6.17. The fraction of sp³-hybridized carbons (Fsp3) is 1.00. The van der Waals surface area contributed by atoms with Crippen molar-refractivity contribution in [2.45, 2.75) is 6.04 Å². The van der Waals surface area contributed by atoms with E-state index < -0.39 is 0 Å². The van der Waals surface area contributed by atoms with Crippen LogP contribution in [0.5, 0.6) is 0 Å². The molecule has 0 spiro atoms. The minimum absolute atomic E-state index is 0.898. The van der Waals surface area contributed by atoms with Crippen LogP contribution in [0.1, 0.15) is 0 Å². The molecule has 9 heavy (non-hydrogen) atoms. The summed E-state index contributed by atoms with van der Waals surface area (Å²) in [5.74, 6) is 1.000. The molecule has 0 radical (unpaired) electrons. The van der Waals surface area contributed by atoms with Crippen molar-refractivity contribution in [1.82, 2.24) is 9.80 Å². The maximum absolute atomic E-state index is 2.45. The van der Waals surface area contributed by atoms with E-state index in [4.69, 9.17) is 0 Å². The summed E-state index contributed by atoms with van der Waals surface area (Å²) in [6, 6.07) is 0.898. The summed E-state index contributed by atoms with van der Waals surface area (Å²) >= 11 is 0. The molecule has 2 heteroatoms. The van der Waals surface area contributed by atoms with E-state index in [2.05, 4.69) is 23.9 Å². The minimum atomic E-state index is 0.898. The number of likely N-dealkylation sites (tertiary alicyclic amines) is 2. The zero-order chi connectivity index (χ0) is 6.43. The Labute approximate surface area is 56.4 Å². The molecule has 2 aliphatic rings. The predicted octanol–water partition coefficient (Wildman–Crippen LogP) is -0.138. The predicted molar refractivity (Wildman–Crippen MR) is 37.4 cm³/mol. The van der Waals surface area contributed by atoms with Crippen molar-refractivity contribution in [1.29, 1.82) is 0 Å². The van der Waals surface area contributed by atoms with E-state index in [0.717, 1.165) is 12.0 Å². The van der Waals surface area contributed by atoms with Gasteiger partial charge in [-0.3, -0.25) is 0 Å². The first-order chi connectivity index (χ1) is 4.27. The summed E-state index contributed by atoms with van der Waals surface area (Å²) in [4.78, 5) is 4.88. The lowest BCUT2D eigenvalue weighted by molar-refractivity contribution is 0.0826. The van der Waals surface area contributed by atoms with Gasteiger partial charge in [-0.2, -0.15) is 0 Å². The molecule has 0 N–H and O–H groups in total. The average Bonchev–Trinajstić information content (AvgIpc) is 2.08. The molecule has 2 nitrogen and oxygen atoms in total. The summed E-state index contributed by atoms with van der Waals surface area (Å²) in [6.07, 6.45) is 0. The van der Waals surface area contributed by atoms with Gasteiger partial charge in [0.2, 0.25) is 0 Å². The van der Waals surface area contributed by atoms with Gasteiger partial charge in [0.1, 0.15) is 0 Å². The van der Waals surface area contributed by atoms with Gasteiger partial charge < -0.3 is 9.80 Å². The van der Waals surface area contributed by atoms with Gasteiger partial charge in [0.05, 0.1) is 0 Å². The van der Waals surface area contributed by atoms with Crippen molar-refractivity contribution in [3.8, 4) is 0 Å². The molecule has 0 aromatic heterocycles. The molecular formula is C7H14N2. The van der Waals surface area contributed by atoms with Crippen molar-refractivity contribution in [3.05, 3.63) is 0 Å². The first kappa shape index (κ1) is 5.69. The highest BCUT2D eigenvalue weighted by Gasteiger charge is 2.41. The van der Waals surface area contributed by atoms with Crippen LogP contribution in [-0.4, -0.2) is 49.6 Å². The van der Waals surface area contributed by atoms with E-state index >= 15 is 0 Å². The largest absolute Gasteiger partial charge is 0.304 e.